The number of anilines is 1. The van der Waals surface area contributed by atoms with E-state index in [1.54, 1.807) is 0 Å². The Labute approximate surface area is 133 Å². The molecule has 1 fully saturated rings. The highest BCUT2D eigenvalue weighted by Gasteiger charge is 2.23. The molecule has 1 heterocycles. The number of halogens is 1. The van der Waals surface area contributed by atoms with Crippen LogP contribution in [0.1, 0.15) is 31.7 Å². The summed E-state index contributed by atoms with van der Waals surface area (Å²) in [5, 5.41) is 3.04. The molecule has 1 aliphatic heterocycles. The Bertz CT molecular complexity index is 465. The number of nitrogens with one attached hydrogen (secondary N) is 1. The van der Waals surface area contributed by atoms with Gasteiger partial charge in [-0.25, -0.2) is 0 Å². The number of nitrogens with two attached hydrogens (primary N) is 1. The minimum Gasteiger partial charge on any atom is -0.330 e. The molecule has 1 saturated heterocycles. The lowest BCUT2D eigenvalue weighted by Gasteiger charge is -2.17. The van der Waals surface area contributed by atoms with Gasteiger partial charge in [-0.15, -0.1) is 12.4 Å². The van der Waals surface area contributed by atoms with Gasteiger partial charge in [0.25, 0.3) is 0 Å². The van der Waals surface area contributed by atoms with E-state index < -0.39 is 0 Å². The summed E-state index contributed by atoms with van der Waals surface area (Å²) in [6.45, 7) is 7.36. The molecule has 0 spiro atoms. The van der Waals surface area contributed by atoms with Gasteiger partial charge < -0.3 is 11.1 Å². The number of amides is 1. The number of carbonyl (C=O) groups excluding carboxylic acids is 1. The summed E-state index contributed by atoms with van der Waals surface area (Å²) in [6.07, 6.45) is 1.10. The van der Waals surface area contributed by atoms with Crippen molar-refractivity contribution in [2.75, 3.05) is 31.5 Å². The predicted molar refractivity (Wildman–Crippen MR) is 90.0 cm³/mol. The van der Waals surface area contributed by atoms with Crippen molar-refractivity contribution >= 4 is 24.0 Å². The van der Waals surface area contributed by atoms with Crippen LogP contribution in [0.4, 0.5) is 5.69 Å². The summed E-state index contributed by atoms with van der Waals surface area (Å²) < 4.78 is 0. The minimum absolute atomic E-state index is 0. The van der Waals surface area contributed by atoms with E-state index in [1.807, 2.05) is 18.2 Å². The summed E-state index contributed by atoms with van der Waals surface area (Å²) in [6, 6.07) is 8.01. The van der Waals surface area contributed by atoms with Crippen LogP contribution in [0.5, 0.6) is 0 Å². The molecule has 0 aliphatic carbocycles. The molecule has 0 radical (unpaired) electrons. The number of hydrogen-bond donors (Lipinski definition) is 2. The average Bonchev–Trinajstić information content (AvgIpc) is 2.86. The van der Waals surface area contributed by atoms with Crippen molar-refractivity contribution in [1.82, 2.24) is 4.90 Å². The lowest BCUT2D eigenvalue weighted by Crippen LogP contribution is -2.32. The van der Waals surface area contributed by atoms with Gasteiger partial charge in [0, 0.05) is 12.2 Å². The lowest BCUT2D eigenvalue weighted by molar-refractivity contribution is -0.117. The van der Waals surface area contributed by atoms with Gasteiger partial charge in [0.05, 0.1) is 6.54 Å². The van der Waals surface area contributed by atoms with Gasteiger partial charge in [0.15, 0.2) is 0 Å². The first kappa shape index (κ1) is 18.0. The fourth-order valence-corrected chi connectivity index (χ4v) is 2.76. The number of nitrogens with zero attached hydrogens (tertiary/aromatic N) is 1. The Kier molecular flexibility index (Phi) is 7.15. The third-order valence-electron chi connectivity index (χ3n) is 3.93. The first-order valence-electron chi connectivity index (χ1n) is 7.41. The van der Waals surface area contributed by atoms with E-state index in [0.717, 1.165) is 25.2 Å². The van der Waals surface area contributed by atoms with E-state index in [4.69, 9.17) is 5.73 Å². The normalized spacial score (nSPS) is 18.6. The molecule has 1 aliphatic rings. The highest BCUT2D eigenvalue weighted by atomic mass is 35.5. The van der Waals surface area contributed by atoms with Gasteiger partial charge in [0.2, 0.25) is 5.91 Å². The summed E-state index contributed by atoms with van der Waals surface area (Å²) in [4.78, 5) is 14.3. The monoisotopic (exact) mass is 311 g/mol. The smallest absolute Gasteiger partial charge is 0.238 e. The zero-order valence-electron chi connectivity index (χ0n) is 12.8. The Morgan fingerprint density at radius 2 is 2.14 bits per heavy atom. The number of hydrogen-bond acceptors (Lipinski definition) is 3. The molecule has 3 N–H and O–H groups in total. The molecule has 1 unspecified atom stereocenters. The van der Waals surface area contributed by atoms with Crippen LogP contribution in [0.15, 0.2) is 24.3 Å². The maximum Gasteiger partial charge on any atom is 0.238 e. The van der Waals surface area contributed by atoms with Crippen LogP contribution in [0.25, 0.3) is 0 Å². The van der Waals surface area contributed by atoms with Crippen LogP contribution < -0.4 is 11.1 Å². The second kappa shape index (κ2) is 8.37. The Balaban J connectivity index is 0.00000220. The van der Waals surface area contributed by atoms with Gasteiger partial charge in [-0.1, -0.05) is 32.0 Å². The fraction of sp³-hybridized carbons (Fsp3) is 0.562. The van der Waals surface area contributed by atoms with Crippen molar-refractivity contribution in [3.8, 4) is 0 Å². The van der Waals surface area contributed by atoms with Crippen LogP contribution in [-0.2, 0) is 4.79 Å². The number of para-hydroxylation sites is 1. The second-order valence-electron chi connectivity index (χ2n) is 5.92. The molecule has 2 rings (SSSR count). The van der Waals surface area contributed by atoms with E-state index in [9.17, 15) is 4.79 Å². The quantitative estimate of drug-likeness (QED) is 0.878. The van der Waals surface area contributed by atoms with Gasteiger partial charge >= 0.3 is 0 Å². The summed E-state index contributed by atoms with van der Waals surface area (Å²) in [5.41, 5.74) is 7.79. The summed E-state index contributed by atoms with van der Waals surface area (Å²) in [5.74, 6) is 1.02. The predicted octanol–water partition coefficient (Wildman–Crippen LogP) is 2.45. The summed E-state index contributed by atoms with van der Waals surface area (Å²) in [7, 11) is 0. The molecule has 4 nitrogen and oxygen atoms in total. The van der Waals surface area contributed by atoms with Crippen LogP contribution in [0.3, 0.4) is 0 Å². The van der Waals surface area contributed by atoms with Crippen molar-refractivity contribution in [3.63, 3.8) is 0 Å². The molecule has 1 aromatic carbocycles. The van der Waals surface area contributed by atoms with E-state index in [0.29, 0.717) is 24.9 Å². The average molecular weight is 312 g/mol. The van der Waals surface area contributed by atoms with Gasteiger partial charge in [0.1, 0.15) is 0 Å². The van der Waals surface area contributed by atoms with Gasteiger partial charge in [-0.05, 0) is 43.0 Å². The third kappa shape index (κ3) is 4.99. The molecule has 1 amide bonds. The van der Waals surface area contributed by atoms with E-state index >= 15 is 0 Å². The highest BCUT2D eigenvalue weighted by molar-refractivity contribution is 5.93. The zero-order chi connectivity index (χ0) is 14.5. The van der Waals surface area contributed by atoms with Gasteiger partial charge in [-0.3, -0.25) is 9.69 Å². The van der Waals surface area contributed by atoms with Crippen LogP contribution in [-0.4, -0.2) is 37.0 Å². The third-order valence-corrected chi connectivity index (χ3v) is 3.93. The SMILES string of the molecule is CC(C)c1ccccc1NC(=O)CN1CCC(CN)C1.Cl. The van der Waals surface area contributed by atoms with E-state index in [1.165, 1.54) is 5.56 Å². The van der Waals surface area contributed by atoms with Crippen LogP contribution in [0, 0.1) is 5.92 Å². The largest absolute Gasteiger partial charge is 0.330 e. The highest BCUT2D eigenvalue weighted by Crippen LogP contribution is 2.23. The maximum atomic E-state index is 12.2. The lowest BCUT2D eigenvalue weighted by atomic mass is 10.0. The molecule has 5 heteroatoms. The van der Waals surface area contributed by atoms with Crippen molar-refractivity contribution in [2.45, 2.75) is 26.2 Å². The molecule has 0 aromatic heterocycles. The van der Waals surface area contributed by atoms with Crippen LogP contribution in [0.2, 0.25) is 0 Å². The zero-order valence-corrected chi connectivity index (χ0v) is 13.7. The molecule has 1 aromatic rings. The Morgan fingerprint density at radius 3 is 2.76 bits per heavy atom. The number of likely N-dealkylation sites (tertiary alicyclic amines) is 1. The molecule has 21 heavy (non-hydrogen) atoms. The first-order valence-corrected chi connectivity index (χ1v) is 7.41. The number of rotatable bonds is 5. The molecular weight excluding hydrogens is 286 g/mol. The Hall–Kier alpha value is -1.10. The van der Waals surface area contributed by atoms with Gasteiger partial charge in [-0.2, -0.15) is 0 Å². The topological polar surface area (TPSA) is 58.4 Å². The molecule has 1 atom stereocenters. The van der Waals surface area contributed by atoms with Crippen molar-refractivity contribution in [1.29, 1.82) is 0 Å². The number of benzene rings is 1. The number of carbonyl (C=O) groups is 1. The second-order valence-corrected chi connectivity index (χ2v) is 5.92. The fourth-order valence-electron chi connectivity index (χ4n) is 2.76. The van der Waals surface area contributed by atoms with Crippen molar-refractivity contribution < 1.29 is 4.79 Å². The van der Waals surface area contributed by atoms with Crippen molar-refractivity contribution in [2.24, 2.45) is 11.7 Å². The molecular formula is C16H26ClN3O. The molecule has 0 bridgehead atoms. The standard InChI is InChI=1S/C16H25N3O.ClH/c1-12(2)14-5-3-4-6-15(14)18-16(20)11-19-8-7-13(9-17)10-19;/h3-6,12-13H,7-11,17H2,1-2H3,(H,18,20);1H. The maximum absolute atomic E-state index is 12.2. The van der Waals surface area contributed by atoms with E-state index in [-0.39, 0.29) is 18.3 Å². The van der Waals surface area contributed by atoms with Crippen LogP contribution >= 0.6 is 12.4 Å². The Morgan fingerprint density at radius 1 is 1.43 bits per heavy atom. The summed E-state index contributed by atoms with van der Waals surface area (Å²) >= 11 is 0. The first-order chi connectivity index (χ1) is 9.60. The molecule has 118 valence electrons. The molecule has 0 saturated carbocycles. The van der Waals surface area contributed by atoms with E-state index in [2.05, 4.69) is 30.1 Å². The minimum atomic E-state index is 0. The van der Waals surface area contributed by atoms with Crippen molar-refractivity contribution in [3.05, 3.63) is 29.8 Å².